The molecule has 0 saturated heterocycles. The van der Waals surface area contributed by atoms with Crippen LogP contribution in [0.2, 0.25) is 5.02 Å². The van der Waals surface area contributed by atoms with E-state index in [1.807, 2.05) is 30.5 Å². The number of anilines is 1. The molecule has 1 atom stereocenters. The number of nitrogens with zero attached hydrogens (tertiary/aromatic N) is 2. The van der Waals surface area contributed by atoms with Crippen LogP contribution in [0.3, 0.4) is 0 Å². The first-order valence-electron chi connectivity index (χ1n) is 9.63. The summed E-state index contributed by atoms with van der Waals surface area (Å²) < 4.78 is 41.1. The Hall–Kier alpha value is -1.68. The quantitative estimate of drug-likeness (QED) is 0.190. The molecular formula is C18H30ClN3O8P2. The molecule has 1 aromatic carbocycles. The average Bonchev–Trinajstić information content (AvgIpc) is 2.77. The molecule has 0 aliphatic rings. The van der Waals surface area contributed by atoms with E-state index in [1.165, 1.54) is 13.0 Å². The van der Waals surface area contributed by atoms with Crippen molar-refractivity contribution < 1.29 is 41.0 Å². The minimum absolute atomic E-state index is 0. The highest BCUT2D eigenvalue weighted by molar-refractivity contribution is 7.24. The number of fused-ring (bicyclic) bond motifs is 1. The minimum atomic E-state index is -3.04. The molecule has 32 heavy (non-hydrogen) atoms. The number of benzene rings is 1. The third-order valence-electron chi connectivity index (χ3n) is 4.25. The SMILES string of the molecule is CCN(CC)CCCC(C)Nc1ccnc2cc(Cl)ccc12.O=P(=O)OO.O=P(=O)OO.[H].[H]. The molecule has 182 valence electrons. The normalized spacial score (nSPS) is 11.1. The van der Waals surface area contributed by atoms with Gasteiger partial charge in [-0.15, -0.1) is 9.35 Å². The van der Waals surface area contributed by atoms with Gasteiger partial charge in [-0.25, -0.2) is 28.8 Å². The van der Waals surface area contributed by atoms with Crippen LogP contribution < -0.4 is 5.32 Å². The summed E-state index contributed by atoms with van der Waals surface area (Å²) in [6.45, 7) is 10.1. The second-order valence-electron chi connectivity index (χ2n) is 6.34. The molecule has 2 radical (unpaired) electrons. The van der Waals surface area contributed by atoms with Crippen molar-refractivity contribution in [2.75, 3.05) is 25.0 Å². The molecule has 0 saturated carbocycles. The third-order valence-corrected chi connectivity index (χ3v) is 4.75. The molecule has 1 unspecified atom stereocenters. The van der Waals surface area contributed by atoms with E-state index in [1.54, 1.807) is 0 Å². The standard InChI is InChI=1S/C18H26ClN3.2HO4P.2H/c1-4-22(5-2)12-6-7-14(3)21-17-10-11-20-18-13-15(19)8-9-16(17)18;2*1-4-5(2)3;;/h8-11,13-14H,4-7,12H2,1-3H3,(H,20,21);2*1H;;. The van der Waals surface area contributed by atoms with Gasteiger partial charge < -0.3 is 10.2 Å². The first-order valence-corrected chi connectivity index (χ1v) is 12.2. The molecule has 3 N–H and O–H groups in total. The van der Waals surface area contributed by atoms with Crippen molar-refractivity contribution in [1.82, 2.24) is 9.88 Å². The lowest BCUT2D eigenvalue weighted by Crippen LogP contribution is -2.25. The molecule has 0 spiro atoms. The van der Waals surface area contributed by atoms with E-state index in [9.17, 15) is 0 Å². The Kier molecular flexibility index (Phi) is 16.9. The first kappa shape index (κ1) is 30.3. The highest BCUT2D eigenvalue weighted by Crippen LogP contribution is 2.25. The lowest BCUT2D eigenvalue weighted by Gasteiger charge is -2.20. The zero-order valence-electron chi connectivity index (χ0n) is 20.0. The molecule has 2 rings (SSSR count). The van der Waals surface area contributed by atoms with E-state index >= 15 is 0 Å². The van der Waals surface area contributed by atoms with E-state index < -0.39 is 15.8 Å². The van der Waals surface area contributed by atoms with Gasteiger partial charge in [0.2, 0.25) is 0 Å². The summed E-state index contributed by atoms with van der Waals surface area (Å²) in [6, 6.07) is 8.35. The summed E-state index contributed by atoms with van der Waals surface area (Å²) in [6.07, 6.45) is 4.21. The van der Waals surface area contributed by atoms with Gasteiger partial charge in [-0.3, -0.25) is 4.98 Å². The Labute approximate surface area is 195 Å². The van der Waals surface area contributed by atoms with Crippen LogP contribution in [0.1, 0.15) is 36.5 Å². The predicted octanol–water partition coefficient (Wildman–Crippen LogP) is 6.16. The Morgan fingerprint density at radius 1 is 1.12 bits per heavy atom. The minimum Gasteiger partial charge on any atom is -0.382 e. The summed E-state index contributed by atoms with van der Waals surface area (Å²) >= 11 is 6.04. The van der Waals surface area contributed by atoms with Crippen LogP contribution >= 0.6 is 27.4 Å². The lowest BCUT2D eigenvalue weighted by molar-refractivity contribution is -0.132. The van der Waals surface area contributed by atoms with Crippen molar-refractivity contribution in [2.24, 2.45) is 0 Å². The van der Waals surface area contributed by atoms with E-state index in [-0.39, 0.29) is 2.85 Å². The van der Waals surface area contributed by atoms with Gasteiger partial charge in [0.25, 0.3) is 0 Å². The summed E-state index contributed by atoms with van der Waals surface area (Å²) in [5.74, 6) is 0. The molecule has 0 aliphatic carbocycles. The first-order chi connectivity index (χ1) is 15.2. The number of hydrogen-bond donors (Lipinski definition) is 3. The molecule has 14 heteroatoms. The van der Waals surface area contributed by atoms with Gasteiger partial charge in [-0.2, -0.15) is 0 Å². The number of hydrogen-bond acceptors (Lipinski definition) is 11. The van der Waals surface area contributed by atoms with Crippen LogP contribution in [0.4, 0.5) is 5.69 Å². The maximum absolute atomic E-state index is 8.93. The summed E-state index contributed by atoms with van der Waals surface area (Å²) in [4.78, 5) is 6.86. The fourth-order valence-electron chi connectivity index (χ4n) is 2.75. The molecule has 0 amide bonds. The highest BCUT2D eigenvalue weighted by atomic mass is 35.5. The van der Waals surface area contributed by atoms with Gasteiger partial charge in [0, 0.05) is 31.2 Å². The third kappa shape index (κ3) is 13.7. The lowest BCUT2D eigenvalue weighted by atomic mass is 10.1. The van der Waals surface area contributed by atoms with Gasteiger partial charge in [-0.1, -0.05) is 25.4 Å². The summed E-state index contributed by atoms with van der Waals surface area (Å²) in [7, 11) is -6.09. The molecule has 11 nitrogen and oxygen atoms in total. The van der Waals surface area contributed by atoms with Crippen molar-refractivity contribution >= 4 is 44.0 Å². The Balaban J connectivity index is -0.000000680. The number of halogens is 1. The number of pyridine rings is 1. The van der Waals surface area contributed by atoms with E-state index in [0.29, 0.717) is 6.04 Å². The number of nitrogens with one attached hydrogen (secondary N) is 1. The summed E-state index contributed by atoms with van der Waals surface area (Å²) in [5, 5.41) is 19.6. The fraction of sp³-hybridized carbons (Fsp3) is 0.500. The van der Waals surface area contributed by atoms with Gasteiger partial charge >= 0.3 is 15.8 Å². The van der Waals surface area contributed by atoms with Crippen LogP contribution in [-0.2, 0) is 27.6 Å². The van der Waals surface area contributed by atoms with Crippen molar-refractivity contribution in [3.05, 3.63) is 35.5 Å². The molecule has 0 bridgehead atoms. The zero-order chi connectivity index (χ0) is 24.5. The van der Waals surface area contributed by atoms with Crippen LogP contribution in [0.5, 0.6) is 0 Å². The fourth-order valence-corrected chi connectivity index (χ4v) is 2.91. The van der Waals surface area contributed by atoms with Gasteiger partial charge in [0.1, 0.15) is 0 Å². The topological polar surface area (TPSA) is 155 Å². The Morgan fingerprint density at radius 2 is 1.69 bits per heavy atom. The van der Waals surface area contributed by atoms with E-state index in [4.69, 9.17) is 40.4 Å². The second-order valence-corrected chi connectivity index (χ2v) is 8.00. The maximum Gasteiger partial charge on any atom is 0.496 e. The number of aromatic nitrogens is 1. The molecular weight excluding hydrogens is 484 g/mol. The average molecular weight is 514 g/mol. The second kappa shape index (κ2) is 17.8. The van der Waals surface area contributed by atoms with Crippen LogP contribution in [0.25, 0.3) is 10.9 Å². The Bertz CT molecular complexity index is 913. The smallest absolute Gasteiger partial charge is 0.382 e. The Morgan fingerprint density at radius 3 is 2.19 bits per heavy atom. The maximum atomic E-state index is 8.93. The van der Waals surface area contributed by atoms with Crippen LogP contribution in [-0.4, -0.2) is 46.1 Å². The van der Waals surface area contributed by atoms with Crippen LogP contribution in [0, 0.1) is 0 Å². The van der Waals surface area contributed by atoms with Crippen molar-refractivity contribution in [3.8, 4) is 0 Å². The predicted molar refractivity (Wildman–Crippen MR) is 123 cm³/mol. The molecule has 0 aliphatic heterocycles. The molecule has 1 aromatic heterocycles. The number of rotatable bonds is 10. The van der Waals surface area contributed by atoms with E-state index in [0.717, 1.165) is 41.1 Å². The zero-order valence-corrected chi connectivity index (χ0v) is 20.6. The van der Waals surface area contributed by atoms with Gasteiger partial charge in [0.15, 0.2) is 0 Å². The van der Waals surface area contributed by atoms with Gasteiger partial charge in [-0.05, 0) is 63.7 Å². The van der Waals surface area contributed by atoms with E-state index in [2.05, 4.69) is 45.3 Å². The highest BCUT2D eigenvalue weighted by Gasteiger charge is 2.07. The van der Waals surface area contributed by atoms with Crippen molar-refractivity contribution in [2.45, 2.75) is 39.7 Å². The summed E-state index contributed by atoms with van der Waals surface area (Å²) in [5.41, 5.74) is 2.07. The molecule has 0 fully saturated rings. The largest absolute Gasteiger partial charge is 0.496 e. The van der Waals surface area contributed by atoms with Crippen molar-refractivity contribution in [1.29, 1.82) is 0 Å². The van der Waals surface area contributed by atoms with Crippen LogP contribution in [0.15, 0.2) is 30.5 Å². The monoisotopic (exact) mass is 513 g/mol. The van der Waals surface area contributed by atoms with Crippen molar-refractivity contribution in [3.63, 3.8) is 0 Å². The molecule has 1 heterocycles. The molecule has 2 aromatic rings. The van der Waals surface area contributed by atoms with Gasteiger partial charge in [0.05, 0.1) is 5.52 Å².